The molecule has 39 heavy (non-hydrogen) atoms. The quantitative estimate of drug-likeness (QED) is 0.178. The number of rotatable bonds is 8. The molecule has 2 saturated heterocycles. The minimum atomic E-state index is -0.495. The van der Waals surface area contributed by atoms with Gasteiger partial charge in [0.05, 0.1) is 45.3 Å². The first-order valence-electron chi connectivity index (χ1n) is 12.5. The van der Waals surface area contributed by atoms with E-state index in [0.717, 1.165) is 5.56 Å². The van der Waals surface area contributed by atoms with Gasteiger partial charge in [-0.2, -0.15) is 20.1 Å². The van der Waals surface area contributed by atoms with Gasteiger partial charge in [-0.15, -0.1) is 0 Å². The summed E-state index contributed by atoms with van der Waals surface area (Å²) in [5.74, 6) is 1.67. The molecule has 1 aromatic heterocycles. The average molecular weight is 598 g/mol. The summed E-state index contributed by atoms with van der Waals surface area (Å²) in [5.41, 5.74) is 4.06. The third-order valence-corrected chi connectivity index (χ3v) is 6.75. The summed E-state index contributed by atoms with van der Waals surface area (Å²) in [6.45, 7) is 5.29. The van der Waals surface area contributed by atoms with Crippen LogP contribution < -0.4 is 24.7 Å². The van der Waals surface area contributed by atoms with E-state index in [0.29, 0.717) is 92.0 Å². The number of aromatic nitrogens is 3. The zero-order valence-corrected chi connectivity index (χ0v) is 23.0. The molecule has 12 nitrogen and oxygen atoms in total. The van der Waals surface area contributed by atoms with Crippen molar-refractivity contribution in [3.05, 3.63) is 58.1 Å². The Hall–Kier alpha value is -3.81. The highest BCUT2D eigenvalue weighted by Gasteiger charge is 2.21. The standard InChI is InChI=1S/C26H28BrN7O5/c1-36-22-16-18(6-7-21(22)39-23(35)19-4-2-3-5-20(19)27)17-28-32-24-29-25(33-8-12-37-13-9-33)31-26(30-24)34-10-14-38-15-11-34/h2-7,16-17H,8-15H2,1H3,(H,29,30,31,32)/b28-17-. The number of carbonyl (C=O) groups excluding carboxylic acids is 1. The van der Waals surface area contributed by atoms with Crippen LogP contribution in [0.3, 0.4) is 0 Å². The first-order chi connectivity index (χ1) is 19.1. The molecule has 0 amide bonds. The minimum Gasteiger partial charge on any atom is -0.493 e. The van der Waals surface area contributed by atoms with Crippen molar-refractivity contribution in [3.8, 4) is 11.5 Å². The molecular weight excluding hydrogens is 570 g/mol. The number of esters is 1. The summed E-state index contributed by atoms with van der Waals surface area (Å²) < 4.78 is 22.6. The number of anilines is 3. The molecule has 0 bridgehead atoms. The summed E-state index contributed by atoms with van der Waals surface area (Å²) in [6, 6.07) is 12.2. The van der Waals surface area contributed by atoms with Crippen LogP contribution in [0.1, 0.15) is 15.9 Å². The lowest BCUT2D eigenvalue weighted by Crippen LogP contribution is -2.40. The molecule has 5 rings (SSSR count). The number of hydrogen-bond acceptors (Lipinski definition) is 12. The molecule has 0 atom stereocenters. The Kier molecular flexibility index (Phi) is 8.81. The number of hydrazone groups is 1. The van der Waals surface area contributed by atoms with E-state index in [2.05, 4.69) is 46.2 Å². The number of nitrogens with one attached hydrogen (secondary N) is 1. The zero-order chi connectivity index (χ0) is 27.0. The van der Waals surface area contributed by atoms with Crippen molar-refractivity contribution in [1.82, 2.24) is 15.0 Å². The van der Waals surface area contributed by atoms with E-state index in [1.807, 2.05) is 6.07 Å². The van der Waals surface area contributed by atoms with Crippen LogP contribution in [0.2, 0.25) is 0 Å². The van der Waals surface area contributed by atoms with Gasteiger partial charge in [-0.3, -0.25) is 0 Å². The van der Waals surface area contributed by atoms with Crippen molar-refractivity contribution in [1.29, 1.82) is 0 Å². The molecule has 3 aromatic rings. The molecule has 2 aliphatic heterocycles. The van der Waals surface area contributed by atoms with Crippen molar-refractivity contribution in [2.75, 3.05) is 74.9 Å². The molecule has 0 saturated carbocycles. The third kappa shape index (κ3) is 6.80. The van der Waals surface area contributed by atoms with Crippen LogP contribution in [0.5, 0.6) is 11.5 Å². The van der Waals surface area contributed by atoms with Gasteiger partial charge in [-0.25, -0.2) is 10.2 Å². The van der Waals surface area contributed by atoms with E-state index in [1.165, 1.54) is 7.11 Å². The van der Waals surface area contributed by atoms with Crippen LogP contribution in [0.25, 0.3) is 0 Å². The number of halogens is 1. The SMILES string of the molecule is COc1cc(/C=N\Nc2nc(N3CCOCC3)nc(N3CCOCC3)n2)ccc1OC(=O)c1ccccc1Br. The summed E-state index contributed by atoms with van der Waals surface area (Å²) in [6.07, 6.45) is 1.61. The van der Waals surface area contributed by atoms with E-state index >= 15 is 0 Å². The summed E-state index contributed by atoms with van der Waals surface area (Å²) in [4.78, 5) is 30.6. The second-order valence-electron chi connectivity index (χ2n) is 8.61. The van der Waals surface area contributed by atoms with Gasteiger partial charge in [-0.1, -0.05) is 12.1 Å². The molecule has 2 aromatic carbocycles. The zero-order valence-electron chi connectivity index (χ0n) is 21.4. The Balaban J connectivity index is 1.31. The average Bonchev–Trinajstić information content (AvgIpc) is 2.98. The topological polar surface area (TPSA) is 124 Å². The van der Waals surface area contributed by atoms with E-state index < -0.39 is 5.97 Å². The lowest BCUT2D eigenvalue weighted by molar-refractivity contribution is 0.0728. The minimum absolute atomic E-state index is 0.297. The molecule has 204 valence electrons. The van der Waals surface area contributed by atoms with Crippen molar-refractivity contribution < 1.29 is 23.7 Å². The maximum Gasteiger partial charge on any atom is 0.344 e. The van der Waals surface area contributed by atoms with Crippen LogP contribution in [0.4, 0.5) is 17.8 Å². The second-order valence-corrected chi connectivity index (χ2v) is 9.46. The highest BCUT2D eigenvalue weighted by Crippen LogP contribution is 2.29. The molecule has 0 spiro atoms. The monoisotopic (exact) mass is 597 g/mol. The van der Waals surface area contributed by atoms with Crippen LogP contribution in [-0.2, 0) is 9.47 Å². The van der Waals surface area contributed by atoms with E-state index in [-0.39, 0.29) is 0 Å². The van der Waals surface area contributed by atoms with Gasteiger partial charge in [-0.05, 0) is 51.8 Å². The van der Waals surface area contributed by atoms with Gasteiger partial charge < -0.3 is 28.7 Å². The molecular formula is C26H28BrN7O5. The Morgan fingerprint density at radius 3 is 2.21 bits per heavy atom. The third-order valence-electron chi connectivity index (χ3n) is 6.06. The van der Waals surface area contributed by atoms with Gasteiger partial charge in [0.1, 0.15) is 0 Å². The van der Waals surface area contributed by atoms with Crippen molar-refractivity contribution in [2.45, 2.75) is 0 Å². The Morgan fingerprint density at radius 2 is 1.59 bits per heavy atom. The molecule has 0 aliphatic carbocycles. The van der Waals surface area contributed by atoms with Crippen LogP contribution >= 0.6 is 15.9 Å². The summed E-state index contributed by atoms with van der Waals surface area (Å²) >= 11 is 3.37. The number of hydrogen-bond donors (Lipinski definition) is 1. The number of nitrogens with zero attached hydrogens (tertiary/aromatic N) is 6. The van der Waals surface area contributed by atoms with Crippen molar-refractivity contribution >= 4 is 46.0 Å². The maximum absolute atomic E-state index is 12.6. The number of morpholine rings is 2. The van der Waals surface area contributed by atoms with E-state index in [1.54, 1.807) is 42.6 Å². The van der Waals surface area contributed by atoms with Crippen LogP contribution in [0.15, 0.2) is 52.0 Å². The molecule has 1 N–H and O–H groups in total. The molecule has 0 unspecified atom stereocenters. The molecule has 0 radical (unpaired) electrons. The lowest BCUT2D eigenvalue weighted by Gasteiger charge is -2.30. The van der Waals surface area contributed by atoms with Crippen molar-refractivity contribution in [3.63, 3.8) is 0 Å². The normalized spacial score (nSPS) is 15.8. The van der Waals surface area contributed by atoms with Gasteiger partial charge in [0.25, 0.3) is 0 Å². The largest absolute Gasteiger partial charge is 0.493 e. The maximum atomic E-state index is 12.6. The molecule has 13 heteroatoms. The predicted molar refractivity (Wildman–Crippen MR) is 149 cm³/mol. The number of carbonyl (C=O) groups is 1. The second kappa shape index (κ2) is 12.8. The smallest absolute Gasteiger partial charge is 0.344 e. The highest BCUT2D eigenvalue weighted by atomic mass is 79.9. The fourth-order valence-electron chi connectivity index (χ4n) is 4.01. The van der Waals surface area contributed by atoms with E-state index in [9.17, 15) is 4.79 Å². The van der Waals surface area contributed by atoms with E-state index in [4.69, 9.17) is 23.9 Å². The number of methoxy groups -OCH3 is 1. The Morgan fingerprint density at radius 1 is 0.949 bits per heavy atom. The predicted octanol–water partition coefficient (Wildman–Crippen LogP) is 2.98. The highest BCUT2D eigenvalue weighted by molar-refractivity contribution is 9.10. The number of benzene rings is 2. The van der Waals surface area contributed by atoms with Crippen molar-refractivity contribution in [2.24, 2.45) is 5.10 Å². The van der Waals surface area contributed by atoms with Gasteiger partial charge in [0.2, 0.25) is 17.8 Å². The molecule has 2 fully saturated rings. The Labute approximate surface area is 234 Å². The summed E-state index contributed by atoms with van der Waals surface area (Å²) in [5, 5.41) is 4.33. The fourth-order valence-corrected chi connectivity index (χ4v) is 4.46. The Bertz CT molecular complexity index is 1290. The van der Waals surface area contributed by atoms with Crippen LogP contribution in [-0.4, -0.2) is 86.9 Å². The molecule has 3 heterocycles. The first kappa shape index (κ1) is 26.8. The number of ether oxygens (including phenoxy) is 4. The van der Waals surface area contributed by atoms with Crippen LogP contribution in [0, 0.1) is 0 Å². The fraction of sp³-hybridized carbons (Fsp3) is 0.346. The lowest BCUT2D eigenvalue weighted by atomic mass is 10.2. The van der Waals surface area contributed by atoms with Gasteiger partial charge >= 0.3 is 5.97 Å². The van der Waals surface area contributed by atoms with Gasteiger partial charge in [0.15, 0.2) is 11.5 Å². The molecule has 2 aliphatic rings. The first-order valence-corrected chi connectivity index (χ1v) is 13.3. The van der Waals surface area contributed by atoms with Gasteiger partial charge in [0, 0.05) is 30.7 Å². The summed E-state index contributed by atoms with van der Waals surface area (Å²) in [7, 11) is 1.51.